The number of thiazole rings is 1. The standard InChI is InChI=1S/C21H16N4O3S2/c1-25-9-8-22-21(25)30-11-14-6-7-17(27-14)19(26)24-20-23-15(12-29-20)18-10-13-4-2-3-5-16(13)28-18/h2-10,12H,11H2,1H3,(H,23,24,26). The maximum Gasteiger partial charge on any atom is 0.293 e. The Kier molecular flexibility index (Phi) is 4.89. The highest BCUT2D eigenvalue weighted by molar-refractivity contribution is 7.98. The number of carbonyl (C=O) groups excluding carboxylic acids is 1. The molecule has 1 aromatic carbocycles. The SMILES string of the molecule is Cn1ccnc1SCc1ccc(C(=O)Nc2nc(-c3cc4ccccc4o3)cs2)o1. The molecule has 4 aromatic heterocycles. The van der Waals surface area contributed by atoms with E-state index in [1.807, 2.05) is 53.5 Å². The summed E-state index contributed by atoms with van der Waals surface area (Å²) in [7, 11) is 1.93. The number of aryl methyl sites for hydroxylation is 1. The van der Waals surface area contributed by atoms with Gasteiger partial charge in [-0.1, -0.05) is 30.0 Å². The fourth-order valence-corrected chi connectivity index (χ4v) is 4.44. The molecule has 0 unspecified atom stereocenters. The van der Waals surface area contributed by atoms with Gasteiger partial charge < -0.3 is 13.4 Å². The number of aromatic nitrogens is 3. The van der Waals surface area contributed by atoms with Crippen LogP contribution in [-0.2, 0) is 12.8 Å². The molecule has 0 saturated heterocycles. The molecule has 0 aliphatic heterocycles. The number of carbonyl (C=O) groups is 1. The number of furan rings is 2. The van der Waals surface area contributed by atoms with E-state index in [0.29, 0.717) is 28.1 Å². The van der Waals surface area contributed by atoms with E-state index in [0.717, 1.165) is 16.1 Å². The summed E-state index contributed by atoms with van der Waals surface area (Å²) >= 11 is 2.88. The molecule has 0 bridgehead atoms. The second-order valence-electron chi connectivity index (χ2n) is 6.52. The average molecular weight is 437 g/mol. The number of rotatable bonds is 6. The molecule has 1 N–H and O–H groups in total. The molecule has 30 heavy (non-hydrogen) atoms. The summed E-state index contributed by atoms with van der Waals surface area (Å²) in [6.45, 7) is 0. The monoisotopic (exact) mass is 436 g/mol. The van der Waals surface area contributed by atoms with E-state index < -0.39 is 0 Å². The Morgan fingerprint density at radius 2 is 2.13 bits per heavy atom. The Hall–Kier alpha value is -3.30. The smallest absolute Gasteiger partial charge is 0.293 e. The van der Waals surface area contributed by atoms with Crippen molar-refractivity contribution in [2.24, 2.45) is 7.05 Å². The fraction of sp³-hybridized carbons (Fsp3) is 0.0952. The van der Waals surface area contributed by atoms with Crippen LogP contribution >= 0.6 is 23.1 Å². The first-order valence-corrected chi connectivity index (χ1v) is 11.0. The minimum Gasteiger partial charge on any atom is -0.455 e. The summed E-state index contributed by atoms with van der Waals surface area (Å²) in [6, 6.07) is 13.2. The zero-order valence-electron chi connectivity index (χ0n) is 15.9. The normalized spacial score (nSPS) is 11.2. The van der Waals surface area contributed by atoms with Crippen molar-refractivity contribution in [3.05, 3.63) is 71.8 Å². The van der Waals surface area contributed by atoms with Gasteiger partial charge in [0, 0.05) is 30.2 Å². The van der Waals surface area contributed by atoms with Crippen LogP contribution in [-0.4, -0.2) is 20.4 Å². The van der Waals surface area contributed by atoms with E-state index in [4.69, 9.17) is 8.83 Å². The summed E-state index contributed by atoms with van der Waals surface area (Å²) in [5.41, 5.74) is 1.48. The van der Waals surface area contributed by atoms with E-state index in [1.54, 1.807) is 30.1 Å². The molecular weight excluding hydrogens is 420 g/mol. The number of hydrogen-bond acceptors (Lipinski definition) is 7. The predicted octanol–water partition coefficient (Wildman–Crippen LogP) is 5.43. The fourth-order valence-electron chi connectivity index (χ4n) is 2.92. The minimum atomic E-state index is -0.339. The molecule has 0 saturated carbocycles. The second kappa shape index (κ2) is 7.85. The summed E-state index contributed by atoms with van der Waals surface area (Å²) in [5, 5.41) is 7.02. The van der Waals surface area contributed by atoms with E-state index in [2.05, 4.69) is 15.3 Å². The first-order chi connectivity index (χ1) is 14.7. The number of nitrogens with zero attached hydrogens (tertiary/aromatic N) is 3. The summed E-state index contributed by atoms with van der Waals surface area (Å²) in [6.07, 6.45) is 3.63. The Labute approximate surface area is 179 Å². The van der Waals surface area contributed by atoms with Gasteiger partial charge in [0.15, 0.2) is 21.8 Å². The number of imidazole rings is 1. The maximum atomic E-state index is 12.5. The number of anilines is 1. The zero-order valence-corrected chi connectivity index (χ0v) is 17.5. The highest BCUT2D eigenvalue weighted by atomic mass is 32.2. The third kappa shape index (κ3) is 3.77. The maximum absolute atomic E-state index is 12.5. The molecule has 0 aliphatic rings. The Balaban J connectivity index is 1.25. The van der Waals surface area contributed by atoms with Gasteiger partial charge in [-0.2, -0.15) is 0 Å². The van der Waals surface area contributed by atoms with Crippen molar-refractivity contribution in [3.8, 4) is 11.5 Å². The van der Waals surface area contributed by atoms with Crippen LogP contribution < -0.4 is 5.32 Å². The van der Waals surface area contributed by atoms with Crippen molar-refractivity contribution < 1.29 is 13.6 Å². The van der Waals surface area contributed by atoms with Crippen molar-refractivity contribution in [3.63, 3.8) is 0 Å². The number of fused-ring (bicyclic) bond motifs is 1. The van der Waals surface area contributed by atoms with Crippen LogP contribution in [0.4, 0.5) is 5.13 Å². The van der Waals surface area contributed by atoms with E-state index in [-0.39, 0.29) is 11.7 Å². The van der Waals surface area contributed by atoms with Gasteiger partial charge in [0.25, 0.3) is 5.91 Å². The van der Waals surface area contributed by atoms with Gasteiger partial charge in [0.1, 0.15) is 17.0 Å². The number of amides is 1. The largest absolute Gasteiger partial charge is 0.455 e. The first-order valence-electron chi connectivity index (χ1n) is 9.10. The van der Waals surface area contributed by atoms with Crippen molar-refractivity contribution in [1.82, 2.24) is 14.5 Å². The van der Waals surface area contributed by atoms with Crippen molar-refractivity contribution in [2.45, 2.75) is 10.9 Å². The van der Waals surface area contributed by atoms with Crippen LogP contribution in [0.2, 0.25) is 0 Å². The number of benzene rings is 1. The Morgan fingerprint density at radius 3 is 2.97 bits per heavy atom. The van der Waals surface area contributed by atoms with Crippen LogP contribution in [0.3, 0.4) is 0 Å². The van der Waals surface area contributed by atoms with E-state index >= 15 is 0 Å². The third-order valence-corrected chi connectivity index (χ3v) is 6.25. The van der Waals surface area contributed by atoms with Gasteiger partial charge in [-0.25, -0.2) is 9.97 Å². The molecule has 0 spiro atoms. The number of para-hydroxylation sites is 1. The molecule has 0 atom stereocenters. The summed E-state index contributed by atoms with van der Waals surface area (Å²) in [4.78, 5) is 21.2. The molecule has 0 aliphatic carbocycles. The zero-order chi connectivity index (χ0) is 20.5. The molecule has 7 nitrogen and oxygen atoms in total. The molecular formula is C21H16N4O3S2. The molecule has 0 fully saturated rings. The Morgan fingerprint density at radius 1 is 1.23 bits per heavy atom. The lowest BCUT2D eigenvalue weighted by molar-refractivity contribution is 0.0995. The van der Waals surface area contributed by atoms with Gasteiger partial charge in [-0.15, -0.1) is 11.3 Å². The lowest BCUT2D eigenvalue weighted by atomic mass is 10.2. The van der Waals surface area contributed by atoms with Crippen molar-refractivity contribution in [1.29, 1.82) is 0 Å². The molecule has 1 amide bonds. The highest BCUT2D eigenvalue weighted by Gasteiger charge is 2.16. The van der Waals surface area contributed by atoms with Crippen LogP contribution in [0.25, 0.3) is 22.4 Å². The highest BCUT2D eigenvalue weighted by Crippen LogP contribution is 2.30. The second-order valence-corrected chi connectivity index (χ2v) is 8.32. The van der Waals surface area contributed by atoms with Crippen LogP contribution in [0, 0.1) is 0 Å². The van der Waals surface area contributed by atoms with Gasteiger partial charge >= 0.3 is 0 Å². The van der Waals surface area contributed by atoms with Gasteiger partial charge in [0.2, 0.25) is 0 Å². The summed E-state index contributed by atoms with van der Waals surface area (Å²) < 4.78 is 13.4. The lowest BCUT2D eigenvalue weighted by Gasteiger charge is -2.00. The van der Waals surface area contributed by atoms with Crippen LogP contribution in [0.5, 0.6) is 0 Å². The molecule has 150 valence electrons. The lowest BCUT2D eigenvalue weighted by Crippen LogP contribution is -2.10. The van der Waals surface area contributed by atoms with Crippen molar-refractivity contribution in [2.75, 3.05) is 5.32 Å². The Bertz CT molecular complexity index is 1300. The van der Waals surface area contributed by atoms with Gasteiger partial charge in [-0.3, -0.25) is 10.1 Å². The van der Waals surface area contributed by atoms with Crippen LogP contribution in [0.1, 0.15) is 16.3 Å². The quantitative estimate of drug-likeness (QED) is 0.357. The topological polar surface area (TPSA) is 86.1 Å². The molecule has 4 heterocycles. The van der Waals surface area contributed by atoms with E-state index in [1.165, 1.54) is 11.3 Å². The number of hydrogen-bond donors (Lipinski definition) is 1. The molecule has 5 aromatic rings. The minimum absolute atomic E-state index is 0.242. The third-order valence-electron chi connectivity index (χ3n) is 4.41. The first kappa shape index (κ1) is 18.7. The predicted molar refractivity (Wildman–Crippen MR) is 117 cm³/mol. The number of nitrogens with one attached hydrogen (secondary N) is 1. The summed E-state index contributed by atoms with van der Waals surface area (Å²) in [5.74, 6) is 1.86. The van der Waals surface area contributed by atoms with Crippen LogP contribution in [0.15, 0.2) is 74.2 Å². The van der Waals surface area contributed by atoms with Gasteiger partial charge in [-0.05, 0) is 24.3 Å². The molecule has 0 radical (unpaired) electrons. The average Bonchev–Trinajstić information content (AvgIpc) is 3.52. The molecule has 9 heteroatoms. The number of thioether (sulfide) groups is 1. The van der Waals surface area contributed by atoms with Gasteiger partial charge in [0.05, 0.1) is 5.75 Å². The van der Waals surface area contributed by atoms with Crippen molar-refractivity contribution >= 4 is 45.1 Å². The van der Waals surface area contributed by atoms with E-state index in [9.17, 15) is 4.79 Å². The molecule has 5 rings (SSSR count).